The first kappa shape index (κ1) is 21.0. The van der Waals surface area contributed by atoms with Crippen LogP contribution in [0.15, 0.2) is 30.6 Å². The van der Waals surface area contributed by atoms with Gasteiger partial charge in [0.25, 0.3) is 5.91 Å². The van der Waals surface area contributed by atoms with Crippen molar-refractivity contribution in [2.75, 3.05) is 16.9 Å². The van der Waals surface area contributed by atoms with E-state index in [4.69, 9.17) is 0 Å². The van der Waals surface area contributed by atoms with Crippen molar-refractivity contribution in [2.24, 2.45) is 10.8 Å². The molecule has 31 heavy (non-hydrogen) atoms. The van der Waals surface area contributed by atoms with E-state index in [1.807, 2.05) is 19.1 Å². The van der Waals surface area contributed by atoms with Crippen molar-refractivity contribution >= 4 is 23.2 Å². The van der Waals surface area contributed by atoms with Crippen LogP contribution in [0.1, 0.15) is 56.0 Å². The lowest BCUT2D eigenvalue weighted by molar-refractivity contribution is -0.383. The minimum Gasteiger partial charge on any atom is -0.347 e. The predicted octanol–water partition coefficient (Wildman–Crippen LogP) is 3.86. The highest BCUT2D eigenvalue weighted by Gasteiger charge is 2.51. The summed E-state index contributed by atoms with van der Waals surface area (Å²) in [7, 11) is 0. The molecule has 0 radical (unpaired) electrons. The van der Waals surface area contributed by atoms with Crippen LogP contribution in [0.2, 0.25) is 0 Å². The fourth-order valence-corrected chi connectivity index (χ4v) is 5.56. The first-order chi connectivity index (χ1) is 14.6. The maximum Gasteiger partial charge on any atom is 0.355 e. The SMILES string of the molecule is Cc1ccccc1C(=O)NNc1ncnc(N2CC3(C)CC2CC(C)(C)C3)c1[N+](=O)[O-]. The Kier molecular flexibility index (Phi) is 5.07. The van der Waals surface area contributed by atoms with Gasteiger partial charge >= 0.3 is 5.69 Å². The number of hydrogen-bond donors (Lipinski definition) is 2. The number of aromatic nitrogens is 2. The van der Waals surface area contributed by atoms with Crippen molar-refractivity contribution in [2.45, 2.75) is 53.0 Å². The molecule has 1 aromatic carbocycles. The van der Waals surface area contributed by atoms with Gasteiger partial charge in [-0.05, 0) is 48.6 Å². The number of nitrogens with zero attached hydrogens (tertiary/aromatic N) is 4. The molecule has 1 aliphatic heterocycles. The number of hydrogen-bond acceptors (Lipinski definition) is 7. The molecule has 1 amide bonds. The molecule has 2 N–H and O–H groups in total. The number of nitro groups is 1. The van der Waals surface area contributed by atoms with E-state index in [0.717, 1.165) is 24.8 Å². The van der Waals surface area contributed by atoms with Gasteiger partial charge in [-0.1, -0.05) is 39.0 Å². The quantitative estimate of drug-likeness (QED) is 0.553. The Labute approximate surface area is 181 Å². The fourth-order valence-electron chi connectivity index (χ4n) is 5.56. The van der Waals surface area contributed by atoms with E-state index in [2.05, 4.69) is 46.5 Å². The minimum atomic E-state index is -0.479. The highest BCUT2D eigenvalue weighted by atomic mass is 16.6. The first-order valence-electron chi connectivity index (χ1n) is 10.5. The second-order valence-corrected chi connectivity index (χ2v) is 9.89. The molecule has 2 aromatic rings. The average Bonchev–Trinajstić information content (AvgIpc) is 2.94. The number of aryl methyl sites for hydroxylation is 1. The zero-order valence-electron chi connectivity index (χ0n) is 18.3. The number of rotatable bonds is 5. The molecule has 9 nitrogen and oxygen atoms in total. The number of amides is 1. The third kappa shape index (κ3) is 4.04. The molecule has 0 spiro atoms. The fraction of sp³-hybridized carbons (Fsp3) is 0.500. The van der Waals surface area contributed by atoms with Crippen LogP contribution in [0.5, 0.6) is 0 Å². The predicted molar refractivity (Wildman–Crippen MR) is 118 cm³/mol. The van der Waals surface area contributed by atoms with Crippen molar-refractivity contribution in [1.82, 2.24) is 15.4 Å². The van der Waals surface area contributed by atoms with E-state index in [0.29, 0.717) is 17.9 Å². The van der Waals surface area contributed by atoms with Crippen LogP contribution in [0, 0.1) is 27.9 Å². The van der Waals surface area contributed by atoms with Crippen LogP contribution in [-0.2, 0) is 0 Å². The summed E-state index contributed by atoms with van der Waals surface area (Å²) in [5, 5.41) is 12.0. The smallest absolute Gasteiger partial charge is 0.347 e. The minimum absolute atomic E-state index is 0.0252. The molecule has 2 fully saturated rings. The highest BCUT2D eigenvalue weighted by Crippen LogP contribution is 2.54. The third-order valence-electron chi connectivity index (χ3n) is 6.36. The van der Waals surface area contributed by atoms with Gasteiger partial charge in [-0.2, -0.15) is 0 Å². The molecule has 4 rings (SSSR count). The van der Waals surface area contributed by atoms with Crippen molar-refractivity contribution in [1.29, 1.82) is 0 Å². The van der Waals surface area contributed by atoms with Crippen LogP contribution in [-0.4, -0.2) is 33.4 Å². The van der Waals surface area contributed by atoms with Crippen molar-refractivity contribution in [3.8, 4) is 0 Å². The summed E-state index contributed by atoms with van der Waals surface area (Å²) in [5.41, 5.74) is 6.52. The largest absolute Gasteiger partial charge is 0.355 e. The van der Waals surface area contributed by atoms with Crippen LogP contribution < -0.4 is 15.8 Å². The number of carbonyl (C=O) groups is 1. The summed E-state index contributed by atoms with van der Waals surface area (Å²) in [6.07, 6.45) is 4.32. The van der Waals surface area contributed by atoms with Crippen molar-refractivity contribution in [3.63, 3.8) is 0 Å². The third-order valence-corrected chi connectivity index (χ3v) is 6.36. The Hall–Kier alpha value is -3.23. The Morgan fingerprint density at radius 3 is 2.68 bits per heavy atom. The topological polar surface area (TPSA) is 113 Å². The molecule has 1 aromatic heterocycles. The van der Waals surface area contributed by atoms with E-state index < -0.39 is 4.92 Å². The van der Waals surface area contributed by atoms with Gasteiger partial charge in [0.2, 0.25) is 11.6 Å². The zero-order chi connectivity index (χ0) is 22.4. The van der Waals surface area contributed by atoms with Gasteiger partial charge in [0.05, 0.1) is 4.92 Å². The van der Waals surface area contributed by atoms with Crippen LogP contribution >= 0.6 is 0 Å². The Morgan fingerprint density at radius 1 is 1.23 bits per heavy atom. The van der Waals surface area contributed by atoms with Crippen LogP contribution in [0.4, 0.5) is 17.3 Å². The molecular weight excluding hydrogens is 396 g/mol. The summed E-state index contributed by atoms with van der Waals surface area (Å²) in [6.45, 7) is 9.30. The summed E-state index contributed by atoms with van der Waals surface area (Å²) in [4.78, 5) is 34.5. The number of anilines is 2. The second-order valence-electron chi connectivity index (χ2n) is 9.89. The molecule has 9 heteroatoms. The van der Waals surface area contributed by atoms with Gasteiger partial charge in [-0.3, -0.25) is 25.8 Å². The van der Waals surface area contributed by atoms with Gasteiger partial charge in [0.1, 0.15) is 6.33 Å². The van der Waals surface area contributed by atoms with Gasteiger partial charge in [0, 0.05) is 18.2 Å². The molecule has 2 aliphatic rings. The summed E-state index contributed by atoms with van der Waals surface area (Å²) < 4.78 is 0. The number of carbonyl (C=O) groups excluding carboxylic acids is 1. The maximum absolute atomic E-state index is 12.5. The van der Waals surface area contributed by atoms with Crippen LogP contribution in [0.3, 0.4) is 0 Å². The average molecular weight is 425 g/mol. The maximum atomic E-state index is 12.5. The molecular formula is C22H28N6O3. The lowest BCUT2D eigenvalue weighted by Gasteiger charge is -2.39. The van der Waals surface area contributed by atoms with Gasteiger partial charge < -0.3 is 4.90 Å². The molecule has 164 valence electrons. The van der Waals surface area contributed by atoms with E-state index in [1.165, 1.54) is 6.33 Å². The van der Waals surface area contributed by atoms with E-state index in [9.17, 15) is 14.9 Å². The molecule has 1 saturated heterocycles. The second kappa shape index (κ2) is 7.47. The van der Waals surface area contributed by atoms with E-state index in [1.54, 1.807) is 12.1 Å². The molecule has 1 aliphatic carbocycles. The monoisotopic (exact) mass is 424 g/mol. The van der Waals surface area contributed by atoms with Crippen molar-refractivity contribution < 1.29 is 9.72 Å². The number of fused-ring (bicyclic) bond motifs is 2. The summed E-state index contributed by atoms with van der Waals surface area (Å²) in [5.74, 6) is -0.110. The van der Waals surface area contributed by atoms with Gasteiger partial charge in [-0.25, -0.2) is 9.97 Å². The molecule has 2 heterocycles. The van der Waals surface area contributed by atoms with E-state index in [-0.39, 0.29) is 34.3 Å². The molecule has 2 unspecified atom stereocenters. The lowest BCUT2D eigenvalue weighted by Crippen LogP contribution is -2.35. The number of hydrazine groups is 1. The van der Waals surface area contributed by atoms with Crippen molar-refractivity contribution in [3.05, 3.63) is 51.8 Å². The zero-order valence-corrected chi connectivity index (χ0v) is 18.3. The number of benzene rings is 1. The normalized spacial score (nSPS) is 24.0. The Morgan fingerprint density at radius 2 is 1.97 bits per heavy atom. The Balaban J connectivity index is 1.62. The first-order valence-corrected chi connectivity index (χ1v) is 10.5. The molecule has 2 atom stereocenters. The number of nitrogens with one attached hydrogen (secondary N) is 2. The highest BCUT2D eigenvalue weighted by molar-refractivity contribution is 5.96. The lowest BCUT2D eigenvalue weighted by atomic mass is 9.65. The summed E-state index contributed by atoms with van der Waals surface area (Å²) in [6, 6.07) is 7.32. The van der Waals surface area contributed by atoms with Crippen LogP contribution in [0.25, 0.3) is 0 Å². The molecule has 2 bridgehead atoms. The van der Waals surface area contributed by atoms with E-state index >= 15 is 0 Å². The molecule has 1 saturated carbocycles. The van der Waals surface area contributed by atoms with Gasteiger partial charge in [0.15, 0.2) is 0 Å². The Bertz CT molecular complexity index is 1040. The standard InChI is InChI=1S/C22H28N6O3/c1-14-7-5-6-8-16(14)20(29)26-25-18-17(28(30)31)19(24-13-23-18)27-12-22(4)10-15(27)9-21(2,3)11-22/h5-8,13,15H,9-12H2,1-4H3,(H,26,29)(H,23,24,25). The van der Waals surface area contributed by atoms with Gasteiger partial charge in [-0.15, -0.1) is 0 Å². The summed E-state index contributed by atoms with van der Waals surface area (Å²) >= 11 is 0.